The van der Waals surface area contributed by atoms with Crippen LogP contribution in [0.25, 0.3) is 0 Å². The van der Waals surface area contributed by atoms with E-state index < -0.39 is 11.9 Å². The van der Waals surface area contributed by atoms with Crippen LogP contribution in [-0.2, 0) is 17.8 Å². The lowest BCUT2D eigenvalue weighted by molar-refractivity contribution is -0.117. The summed E-state index contributed by atoms with van der Waals surface area (Å²) in [6.07, 6.45) is 0.406. The van der Waals surface area contributed by atoms with Crippen LogP contribution >= 0.6 is 0 Å². The first kappa shape index (κ1) is 13.7. The number of aromatic nitrogens is 4. The molecule has 9 heteroatoms. The molecular weight excluding hydrogens is 266 g/mol. The van der Waals surface area contributed by atoms with Gasteiger partial charge in [0.2, 0.25) is 11.8 Å². The number of aryl methyl sites for hydroxylation is 1. The molecule has 0 fully saturated rings. The van der Waals surface area contributed by atoms with Crippen LogP contribution < -0.4 is 5.32 Å². The van der Waals surface area contributed by atoms with Gasteiger partial charge in [0.25, 0.3) is 0 Å². The van der Waals surface area contributed by atoms with Gasteiger partial charge in [-0.3, -0.25) is 10.1 Å². The minimum Gasteiger partial charge on any atom is -0.476 e. The highest BCUT2D eigenvalue weighted by Gasteiger charge is 2.19. The molecule has 2 rings (SSSR count). The largest absolute Gasteiger partial charge is 0.476 e. The van der Waals surface area contributed by atoms with E-state index in [9.17, 15) is 9.59 Å². The molecule has 2 N–H and O–H groups in total. The topological polar surface area (TPSA) is 123 Å². The quantitative estimate of drug-likeness (QED) is 0.815. The van der Waals surface area contributed by atoms with E-state index in [0.29, 0.717) is 17.8 Å². The second-order valence-corrected chi connectivity index (χ2v) is 4.08. The Kier molecular flexibility index (Phi) is 3.78. The highest BCUT2D eigenvalue weighted by molar-refractivity contribution is 5.90. The molecule has 0 aliphatic rings. The van der Waals surface area contributed by atoms with Crippen molar-refractivity contribution >= 4 is 17.8 Å². The number of carbonyl (C=O) groups excluding carboxylic acids is 1. The number of rotatable bonds is 5. The zero-order chi connectivity index (χ0) is 14.7. The predicted molar refractivity (Wildman–Crippen MR) is 66.2 cm³/mol. The Morgan fingerprint density at radius 3 is 2.80 bits per heavy atom. The fraction of sp³-hybridized carbons (Fsp3) is 0.364. The molecule has 0 atom stereocenters. The number of carboxylic acid groups (broad SMARTS) is 1. The summed E-state index contributed by atoms with van der Waals surface area (Å²) in [5.41, 5.74) is 0.890. The van der Waals surface area contributed by atoms with Gasteiger partial charge >= 0.3 is 5.97 Å². The van der Waals surface area contributed by atoms with Crippen molar-refractivity contribution in [2.75, 3.05) is 5.32 Å². The van der Waals surface area contributed by atoms with Crippen molar-refractivity contribution in [1.82, 2.24) is 20.2 Å². The van der Waals surface area contributed by atoms with E-state index in [0.717, 1.165) is 0 Å². The molecule has 0 aliphatic heterocycles. The average Bonchev–Trinajstić information content (AvgIpc) is 2.95. The van der Waals surface area contributed by atoms with Gasteiger partial charge < -0.3 is 9.63 Å². The number of anilines is 1. The average molecular weight is 279 g/mol. The van der Waals surface area contributed by atoms with Crippen LogP contribution in [-0.4, -0.2) is 37.1 Å². The van der Waals surface area contributed by atoms with Gasteiger partial charge in [-0.15, -0.1) is 5.10 Å². The number of aromatic carboxylic acids is 1. The third kappa shape index (κ3) is 2.82. The number of nitrogens with one attached hydrogen (secondary N) is 1. The van der Waals surface area contributed by atoms with E-state index in [1.165, 1.54) is 4.68 Å². The van der Waals surface area contributed by atoms with Gasteiger partial charge in [0.1, 0.15) is 6.54 Å². The van der Waals surface area contributed by atoms with E-state index >= 15 is 0 Å². The molecule has 0 unspecified atom stereocenters. The van der Waals surface area contributed by atoms with Crippen molar-refractivity contribution in [1.29, 1.82) is 0 Å². The summed E-state index contributed by atoms with van der Waals surface area (Å²) in [7, 11) is 0. The second-order valence-electron chi connectivity index (χ2n) is 4.08. The Morgan fingerprint density at radius 1 is 1.50 bits per heavy atom. The number of nitrogens with zero attached hydrogens (tertiary/aromatic N) is 4. The summed E-state index contributed by atoms with van der Waals surface area (Å²) in [5.74, 6) is -1.35. The van der Waals surface area contributed by atoms with Crippen LogP contribution in [0.15, 0.2) is 10.6 Å². The second kappa shape index (κ2) is 5.51. The molecule has 9 nitrogen and oxygen atoms in total. The first-order valence-electron chi connectivity index (χ1n) is 5.90. The normalized spacial score (nSPS) is 10.5. The summed E-state index contributed by atoms with van der Waals surface area (Å²) >= 11 is 0. The third-order valence-corrected chi connectivity index (χ3v) is 2.56. The predicted octanol–water partition coefficient (Wildman–Crippen LogP) is 0.474. The van der Waals surface area contributed by atoms with Gasteiger partial charge in [-0.05, 0) is 13.3 Å². The van der Waals surface area contributed by atoms with Gasteiger partial charge in [0.15, 0.2) is 5.69 Å². The highest BCUT2D eigenvalue weighted by Crippen LogP contribution is 2.10. The first-order chi connectivity index (χ1) is 9.51. The molecule has 2 aromatic rings. The smallest absolute Gasteiger partial charge is 0.358 e. The summed E-state index contributed by atoms with van der Waals surface area (Å²) in [6, 6.07) is 1.57. The summed E-state index contributed by atoms with van der Waals surface area (Å²) in [4.78, 5) is 22.7. The molecule has 0 aromatic carbocycles. The molecule has 1 amide bonds. The summed E-state index contributed by atoms with van der Waals surface area (Å²) < 4.78 is 6.10. The Morgan fingerprint density at radius 2 is 2.25 bits per heavy atom. The minimum absolute atomic E-state index is 0.143. The lowest BCUT2D eigenvalue weighted by Crippen LogP contribution is -2.21. The molecule has 2 aromatic heterocycles. The maximum absolute atomic E-state index is 11.8. The molecule has 2 heterocycles. The standard InChI is InChI=1S/C11H13N5O4/c1-3-7-10(11(18)19)13-15-16(7)5-8(17)12-9-4-6(2)14-20-9/h4H,3,5H2,1-2H3,(H,12,17)(H,18,19). The molecule has 20 heavy (non-hydrogen) atoms. The van der Waals surface area contributed by atoms with E-state index in [4.69, 9.17) is 9.63 Å². The van der Waals surface area contributed by atoms with E-state index in [1.807, 2.05) is 0 Å². The molecule has 106 valence electrons. The molecule has 0 spiro atoms. The van der Waals surface area contributed by atoms with Crippen LogP contribution in [0, 0.1) is 6.92 Å². The van der Waals surface area contributed by atoms with Crippen LogP contribution in [0.5, 0.6) is 0 Å². The maximum atomic E-state index is 11.8. The molecule has 0 saturated carbocycles. The number of hydrogen-bond acceptors (Lipinski definition) is 6. The van der Waals surface area contributed by atoms with E-state index in [-0.39, 0.29) is 18.1 Å². The minimum atomic E-state index is -1.17. The number of carboxylic acids is 1. The van der Waals surface area contributed by atoms with Gasteiger partial charge in [-0.1, -0.05) is 17.3 Å². The van der Waals surface area contributed by atoms with Gasteiger partial charge in [0.05, 0.1) is 11.4 Å². The fourth-order valence-corrected chi connectivity index (χ4v) is 1.71. The molecule has 0 saturated heterocycles. The van der Waals surface area contributed by atoms with Crippen molar-refractivity contribution in [3.05, 3.63) is 23.1 Å². The highest BCUT2D eigenvalue weighted by atomic mass is 16.5. The number of hydrogen-bond donors (Lipinski definition) is 2. The fourth-order valence-electron chi connectivity index (χ4n) is 1.71. The molecular formula is C11H13N5O4. The molecule has 0 bridgehead atoms. The lowest BCUT2D eigenvalue weighted by atomic mass is 10.2. The van der Waals surface area contributed by atoms with Crippen molar-refractivity contribution in [2.45, 2.75) is 26.8 Å². The van der Waals surface area contributed by atoms with Crippen LogP contribution in [0.3, 0.4) is 0 Å². The van der Waals surface area contributed by atoms with E-state index in [1.54, 1.807) is 19.9 Å². The van der Waals surface area contributed by atoms with Crippen molar-refractivity contribution < 1.29 is 19.2 Å². The monoisotopic (exact) mass is 279 g/mol. The SMILES string of the molecule is CCc1c(C(=O)O)nnn1CC(=O)Nc1cc(C)no1. The van der Waals surface area contributed by atoms with Crippen LogP contribution in [0.4, 0.5) is 5.88 Å². The van der Waals surface area contributed by atoms with Crippen molar-refractivity contribution in [3.63, 3.8) is 0 Å². The lowest BCUT2D eigenvalue weighted by Gasteiger charge is -2.04. The van der Waals surface area contributed by atoms with Crippen molar-refractivity contribution in [2.24, 2.45) is 0 Å². The Hall–Kier alpha value is -2.71. The van der Waals surface area contributed by atoms with Gasteiger partial charge in [-0.25, -0.2) is 9.48 Å². The number of carbonyl (C=O) groups is 2. The molecule has 0 radical (unpaired) electrons. The summed E-state index contributed by atoms with van der Waals surface area (Å²) in [5, 5.41) is 22.3. The Bertz CT molecular complexity index is 645. The van der Waals surface area contributed by atoms with Gasteiger partial charge in [0, 0.05) is 6.07 Å². The number of amides is 1. The van der Waals surface area contributed by atoms with Crippen molar-refractivity contribution in [3.8, 4) is 0 Å². The third-order valence-electron chi connectivity index (χ3n) is 2.56. The first-order valence-corrected chi connectivity index (χ1v) is 5.90. The molecule has 0 aliphatic carbocycles. The zero-order valence-corrected chi connectivity index (χ0v) is 11.0. The maximum Gasteiger partial charge on any atom is 0.358 e. The zero-order valence-electron chi connectivity index (χ0n) is 11.0. The van der Waals surface area contributed by atoms with E-state index in [2.05, 4.69) is 20.8 Å². The summed E-state index contributed by atoms with van der Waals surface area (Å²) in [6.45, 7) is 3.34. The Labute approximate surface area is 113 Å². The Balaban J connectivity index is 2.10. The van der Waals surface area contributed by atoms with Crippen LogP contribution in [0.1, 0.15) is 28.8 Å². The van der Waals surface area contributed by atoms with Crippen LogP contribution in [0.2, 0.25) is 0 Å². The van der Waals surface area contributed by atoms with Gasteiger partial charge in [-0.2, -0.15) is 0 Å².